The Bertz CT molecular complexity index is 669. The first-order valence-corrected chi connectivity index (χ1v) is 8.88. The lowest BCUT2D eigenvalue weighted by Crippen LogP contribution is -2.09. The number of benzene rings is 2. The van der Waals surface area contributed by atoms with Crippen LogP contribution in [0.5, 0.6) is 5.75 Å². The third kappa shape index (κ3) is 2.25. The molecule has 2 aromatic carbocycles. The summed E-state index contributed by atoms with van der Waals surface area (Å²) < 4.78 is 0. The van der Waals surface area contributed by atoms with E-state index in [2.05, 4.69) is 18.2 Å². The Morgan fingerprint density at radius 2 is 1.23 bits per heavy atom. The van der Waals surface area contributed by atoms with Crippen LogP contribution >= 0.6 is 12.6 Å². The van der Waals surface area contributed by atoms with E-state index >= 15 is 0 Å². The van der Waals surface area contributed by atoms with Crippen LogP contribution in [0.15, 0.2) is 29.2 Å². The lowest BCUT2D eigenvalue weighted by molar-refractivity contribution is 0.475. The molecule has 2 aliphatic rings. The molecule has 22 heavy (non-hydrogen) atoms. The standard InChI is InChI=1S/C20H22OS/c21-17-11-9-13-5-1-3-7-15(13)19(17)20-16-8-4-2-6-14(16)10-12-18(20)22/h9-12,21-22H,1-8H2. The highest BCUT2D eigenvalue weighted by Gasteiger charge is 2.23. The average Bonchev–Trinajstić information content (AvgIpc) is 2.56. The molecule has 0 unspecified atom stereocenters. The van der Waals surface area contributed by atoms with Crippen molar-refractivity contribution in [3.63, 3.8) is 0 Å². The van der Waals surface area contributed by atoms with Crippen molar-refractivity contribution in [2.24, 2.45) is 0 Å². The fourth-order valence-electron chi connectivity index (χ4n) is 4.19. The maximum absolute atomic E-state index is 10.6. The Kier molecular flexibility index (Phi) is 3.65. The second-order valence-corrected chi connectivity index (χ2v) is 7.09. The third-order valence-corrected chi connectivity index (χ3v) is 5.64. The van der Waals surface area contributed by atoms with Gasteiger partial charge in [0.2, 0.25) is 0 Å². The molecule has 1 N–H and O–H groups in total. The van der Waals surface area contributed by atoms with Gasteiger partial charge in [0, 0.05) is 16.0 Å². The lowest BCUT2D eigenvalue weighted by Gasteiger charge is -2.26. The lowest BCUT2D eigenvalue weighted by atomic mass is 9.80. The highest BCUT2D eigenvalue weighted by Crippen LogP contribution is 2.44. The Hall–Kier alpha value is -1.41. The molecule has 2 heteroatoms. The Labute approximate surface area is 137 Å². The number of rotatable bonds is 1. The van der Waals surface area contributed by atoms with Gasteiger partial charge in [-0.2, -0.15) is 0 Å². The van der Waals surface area contributed by atoms with Crippen LogP contribution < -0.4 is 0 Å². The molecule has 2 aromatic rings. The molecule has 0 saturated carbocycles. The van der Waals surface area contributed by atoms with E-state index in [1.165, 1.54) is 53.5 Å². The van der Waals surface area contributed by atoms with Crippen molar-refractivity contribution in [2.75, 3.05) is 0 Å². The molecule has 4 rings (SSSR count). The van der Waals surface area contributed by atoms with Crippen molar-refractivity contribution in [3.05, 3.63) is 46.5 Å². The van der Waals surface area contributed by atoms with Gasteiger partial charge in [-0.15, -0.1) is 12.6 Å². The highest BCUT2D eigenvalue weighted by molar-refractivity contribution is 7.80. The summed E-state index contributed by atoms with van der Waals surface area (Å²) in [4.78, 5) is 1.01. The Balaban J connectivity index is 2.00. The van der Waals surface area contributed by atoms with E-state index in [0.717, 1.165) is 36.1 Å². The fourth-order valence-corrected chi connectivity index (χ4v) is 4.51. The zero-order valence-corrected chi connectivity index (χ0v) is 13.8. The zero-order chi connectivity index (χ0) is 15.1. The number of hydrogen-bond donors (Lipinski definition) is 2. The third-order valence-electron chi connectivity index (χ3n) is 5.27. The van der Waals surface area contributed by atoms with Gasteiger partial charge in [-0.05, 0) is 85.8 Å². The minimum absolute atomic E-state index is 0.426. The van der Waals surface area contributed by atoms with E-state index in [0.29, 0.717) is 5.75 Å². The minimum Gasteiger partial charge on any atom is -0.507 e. The van der Waals surface area contributed by atoms with Gasteiger partial charge in [-0.25, -0.2) is 0 Å². The van der Waals surface area contributed by atoms with E-state index < -0.39 is 0 Å². The van der Waals surface area contributed by atoms with Crippen LogP contribution in [0.3, 0.4) is 0 Å². The molecule has 0 amide bonds. The molecule has 1 nitrogen and oxygen atoms in total. The van der Waals surface area contributed by atoms with E-state index in [1.807, 2.05) is 6.07 Å². The molecule has 2 aliphatic carbocycles. The summed E-state index contributed by atoms with van der Waals surface area (Å²) in [6.45, 7) is 0. The molecule has 0 atom stereocenters. The number of phenols is 1. The summed E-state index contributed by atoms with van der Waals surface area (Å²) in [7, 11) is 0. The van der Waals surface area contributed by atoms with Crippen LogP contribution in [-0.2, 0) is 25.7 Å². The molecule has 0 bridgehead atoms. The SMILES string of the molecule is Oc1ccc2c(c1-c1c(S)ccc3c1CCCC3)CCCC2. The van der Waals surface area contributed by atoms with Gasteiger partial charge in [0.05, 0.1) is 0 Å². The zero-order valence-electron chi connectivity index (χ0n) is 12.9. The molecule has 0 radical (unpaired) electrons. The number of phenolic OH excluding ortho intramolecular Hbond substituents is 1. The molecule has 0 aromatic heterocycles. The van der Waals surface area contributed by atoms with Crippen molar-refractivity contribution < 1.29 is 5.11 Å². The molecule has 0 heterocycles. The van der Waals surface area contributed by atoms with Gasteiger partial charge < -0.3 is 5.11 Å². The van der Waals surface area contributed by atoms with E-state index in [1.54, 1.807) is 0 Å². The van der Waals surface area contributed by atoms with Crippen molar-refractivity contribution in [2.45, 2.75) is 56.3 Å². The minimum atomic E-state index is 0.426. The summed E-state index contributed by atoms with van der Waals surface area (Å²) in [5.74, 6) is 0.426. The van der Waals surface area contributed by atoms with Crippen LogP contribution in [0, 0.1) is 0 Å². The molecule has 0 saturated heterocycles. The van der Waals surface area contributed by atoms with E-state index in [-0.39, 0.29) is 0 Å². The maximum Gasteiger partial charge on any atom is 0.123 e. The van der Waals surface area contributed by atoms with Crippen LogP contribution in [-0.4, -0.2) is 5.11 Å². The van der Waals surface area contributed by atoms with Gasteiger partial charge in [0.15, 0.2) is 0 Å². The predicted molar refractivity (Wildman–Crippen MR) is 94.1 cm³/mol. The van der Waals surface area contributed by atoms with E-state index in [4.69, 9.17) is 12.6 Å². The van der Waals surface area contributed by atoms with Crippen molar-refractivity contribution in [1.29, 1.82) is 0 Å². The average molecular weight is 310 g/mol. The number of thiol groups is 1. The van der Waals surface area contributed by atoms with Gasteiger partial charge in [-0.1, -0.05) is 12.1 Å². The van der Waals surface area contributed by atoms with Crippen LogP contribution in [0.1, 0.15) is 47.9 Å². The summed E-state index contributed by atoms with van der Waals surface area (Å²) in [6.07, 6.45) is 9.49. The van der Waals surface area contributed by atoms with Crippen LogP contribution in [0.25, 0.3) is 11.1 Å². The summed E-state index contributed by atoms with van der Waals surface area (Å²) in [5.41, 5.74) is 7.93. The first-order chi connectivity index (χ1) is 10.8. The van der Waals surface area contributed by atoms with Gasteiger partial charge >= 0.3 is 0 Å². The normalized spacial score (nSPS) is 17.0. The molecule has 114 valence electrons. The van der Waals surface area contributed by atoms with Gasteiger partial charge in [0.25, 0.3) is 0 Å². The van der Waals surface area contributed by atoms with Crippen molar-refractivity contribution in [3.8, 4) is 16.9 Å². The second-order valence-electron chi connectivity index (χ2n) is 6.61. The number of hydrogen-bond acceptors (Lipinski definition) is 2. The van der Waals surface area contributed by atoms with Crippen molar-refractivity contribution >= 4 is 12.6 Å². The number of aromatic hydroxyl groups is 1. The second kappa shape index (κ2) is 5.66. The monoisotopic (exact) mass is 310 g/mol. The molecular weight excluding hydrogens is 288 g/mol. The van der Waals surface area contributed by atoms with Gasteiger partial charge in [0.1, 0.15) is 5.75 Å². The summed E-state index contributed by atoms with van der Waals surface area (Å²) in [5, 5.41) is 10.6. The predicted octanol–water partition coefficient (Wildman–Crippen LogP) is 5.11. The van der Waals surface area contributed by atoms with Crippen molar-refractivity contribution in [1.82, 2.24) is 0 Å². The van der Waals surface area contributed by atoms with E-state index in [9.17, 15) is 5.11 Å². The number of fused-ring (bicyclic) bond motifs is 2. The van der Waals surface area contributed by atoms with Gasteiger partial charge in [-0.3, -0.25) is 0 Å². The smallest absolute Gasteiger partial charge is 0.123 e. The number of aryl methyl sites for hydroxylation is 2. The first-order valence-electron chi connectivity index (χ1n) is 8.43. The fraction of sp³-hybridized carbons (Fsp3) is 0.400. The summed E-state index contributed by atoms with van der Waals surface area (Å²) in [6, 6.07) is 8.34. The molecule has 0 spiro atoms. The highest BCUT2D eigenvalue weighted by atomic mass is 32.1. The largest absolute Gasteiger partial charge is 0.507 e. The summed E-state index contributed by atoms with van der Waals surface area (Å²) >= 11 is 4.75. The molecule has 0 aliphatic heterocycles. The van der Waals surface area contributed by atoms with Crippen LogP contribution in [0.4, 0.5) is 0 Å². The van der Waals surface area contributed by atoms with Crippen LogP contribution in [0.2, 0.25) is 0 Å². The quantitative estimate of drug-likeness (QED) is 0.702. The Morgan fingerprint density at radius 3 is 1.91 bits per heavy atom. The topological polar surface area (TPSA) is 20.2 Å². The Morgan fingerprint density at radius 1 is 0.682 bits per heavy atom. The molecule has 0 fully saturated rings. The molecular formula is C20H22OS. The maximum atomic E-state index is 10.6. The first kappa shape index (κ1) is 14.2.